The fourth-order valence-electron chi connectivity index (χ4n) is 3.28. The van der Waals surface area contributed by atoms with Gasteiger partial charge in [0, 0.05) is 18.1 Å². The lowest BCUT2D eigenvalue weighted by Gasteiger charge is -2.31. The van der Waals surface area contributed by atoms with Crippen molar-refractivity contribution < 1.29 is 22.7 Å². The number of carbonyl (C=O) groups is 1. The van der Waals surface area contributed by atoms with Crippen LogP contribution < -0.4 is 14.8 Å². The molecule has 2 aromatic carbocycles. The number of hydrogen-bond donors (Lipinski definition) is 1. The number of anilines is 1. The van der Waals surface area contributed by atoms with Crippen molar-refractivity contribution in [2.24, 2.45) is 5.92 Å². The van der Waals surface area contributed by atoms with Gasteiger partial charge in [-0.15, -0.1) is 0 Å². The number of benzene rings is 2. The summed E-state index contributed by atoms with van der Waals surface area (Å²) in [6, 6.07) is 11.2. The molecule has 1 fully saturated rings. The van der Waals surface area contributed by atoms with Crippen LogP contribution in [0.3, 0.4) is 0 Å². The Morgan fingerprint density at radius 2 is 1.86 bits per heavy atom. The van der Waals surface area contributed by atoms with Crippen molar-refractivity contribution in [2.45, 2.75) is 17.7 Å². The van der Waals surface area contributed by atoms with E-state index >= 15 is 0 Å². The predicted octanol–water partition coefficient (Wildman–Crippen LogP) is 3.40. The average Bonchev–Trinajstić information content (AvgIpc) is 2.74. The molecule has 1 amide bonds. The average molecular weight is 439 g/mol. The van der Waals surface area contributed by atoms with Crippen LogP contribution in [0.4, 0.5) is 5.69 Å². The van der Waals surface area contributed by atoms with E-state index in [-0.39, 0.29) is 17.3 Å². The van der Waals surface area contributed by atoms with Gasteiger partial charge in [0.2, 0.25) is 15.9 Å². The fraction of sp³-hybridized carbons (Fsp3) is 0.350. The van der Waals surface area contributed by atoms with Gasteiger partial charge in [-0.3, -0.25) is 4.79 Å². The Morgan fingerprint density at radius 1 is 1.14 bits per heavy atom. The number of methoxy groups -OCH3 is 2. The minimum atomic E-state index is -3.69. The maximum atomic E-state index is 13.0. The van der Waals surface area contributed by atoms with Gasteiger partial charge in [0.1, 0.15) is 11.5 Å². The topological polar surface area (TPSA) is 84.9 Å². The Balaban J connectivity index is 1.74. The summed E-state index contributed by atoms with van der Waals surface area (Å²) in [6.07, 6.45) is 1.20. The SMILES string of the molecule is COc1ccc(S(=O)(=O)N2CCC[C@@H](C(=O)Nc3cc(Cl)ccc3OC)C2)cc1. The van der Waals surface area contributed by atoms with Gasteiger partial charge >= 0.3 is 0 Å². The highest BCUT2D eigenvalue weighted by molar-refractivity contribution is 7.89. The van der Waals surface area contributed by atoms with E-state index in [0.717, 1.165) is 0 Å². The van der Waals surface area contributed by atoms with Crippen LogP contribution in [0.2, 0.25) is 5.02 Å². The lowest BCUT2D eigenvalue weighted by atomic mass is 9.98. The Hall–Kier alpha value is -2.29. The van der Waals surface area contributed by atoms with E-state index in [2.05, 4.69) is 5.32 Å². The van der Waals surface area contributed by atoms with Gasteiger partial charge in [-0.2, -0.15) is 4.31 Å². The molecule has 156 valence electrons. The minimum absolute atomic E-state index is 0.114. The molecule has 7 nitrogen and oxygen atoms in total. The number of carbonyl (C=O) groups excluding carboxylic acids is 1. The molecule has 29 heavy (non-hydrogen) atoms. The summed E-state index contributed by atoms with van der Waals surface area (Å²) in [6.45, 7) is 0.488. The molecular weight excluding hydrogens is 416 g/mol. The molecular formula is C20H23ClN2O5S. The van der Waals surface area contributed by atoms with Crippen molar-refractivity contribution in [1.82, 2.24) is 4.31 Å². The van der Waals surface area contributed by atoms with Crippen LogP contribution in [0, 0.1) is 5.92 Å². The second-order valence-electron chi connectivity index (χ2n) is 6.71. The summed E-state index contributed by atoms with van der Waals surface area (Å²) in [5.41, 5.74) is 0.458. The van der Waals surface area contributed by atoms with E-state index in [1.54, 1.807) is 30.3 Å². The van der Waals surface area contributed by atoms with E-state index < -0.39 is 15.9 Å². The Labute approximate surface area is 175 Å². The zero-order chi connectivity index (χ0) is 21.0. The molecule has 2 aromatic rings. The molecule has 3 rings (SSSR count). The highest BCUT2D eigenvalue weighted by atomic mass is 35.5. The van der Waals surface area contributed by atoms with Gasteiger partial charge in [0.05, 0.1) is 30.7 Å². The van der Waals surface area contributed by atoms with E-state index in [4.69, 9.17) is 21.1 Å². The molecule has 0 saturated carbocycles. The second-order valence-corrected chi connectivity index (χ2v) is 9.09. The van der Waals surface area contributed by atoms with Gasteiger partial charge in [0.15, 0.2) is 0 Å². The third-order valence-corrected chi connectivity index (χ3v) is 6.99. The third kappa shape index (κ3) is 4.83. The molecule has 1 atom stereocenters. The van der Waals surface area contributed by atoms with Gasteiger partial charge in [-0.25, -0.2) is 8.42 Å². The summed E-state index contributed by atoms with van der Waals surface area (Å²) in [4.78, 5) is 13.0. The van der Waals surface area contributed by atoms with Crippen LogP contribution in [0.25, 0.3) is 0 Å². The molecule has 1 saturated heterocycles. The number of nitrogens with one attached hydrogen (secondary N) is 1. The maximum Gasteiger partial charge on any atom is 0.243 e. The van der Waals surface area contributed by atoms with Crippen molar-refractivity contribution in [1.29, 1.82) is 0 Å². The van der Waals surface area contributed by atoms with Crippen LogP contribution in [-0.2, 0) is 14.8 Å². The Kier molecular flexibility index (Phi) is 6.66. The highest BCUT2D eigenvalue weighted by Crippen LogP contribution is 2.30. The number of rotatable bonds is 6. The molecule has 0 unspecified atom stereocenters. The predicted molar refractivity (Wildman–Crippen MR) is 111 cm³/mol. The number of nitrogens with zero attached hydrogens (tertiary/aromatic N) is 1. The Bertz CT molecular complexity index is 979. The first-order valence-electron chi connectivity index (χ1n) is 9.13. The third-order valence-electron chi connectivity index (χ3n) is 4.87. The molecule has 1 aliphatic rings. The molecule has 0 aliphatic carbocycles. The Morgan fingerprint density at radius 3 is 2.52 bits per heavy atom. The molecule has 0 spiro atoms. The number of sulfonamides is 1. The van der Waals surface area contributed by atoms with Gasteiger partial charge in [0.25, 0.3) is 0 Å². The van der Waals surface area contributed by atoms with Crippen LogP contribution in [0.5, 0.6) is 11.5 Å². The molecule has 1 aliphatic heterocycles. The fourth-order valence-corrected chi connectivity index (χ4v) is 4.98. The number of piperidine rings is 1. The molecule has 0 radical (unpaired) electrons. The normalized spacial score (nSPS) is 17.6. The van der Waals surface area contributed by atoms with Gasteiger partial charge in [-0.05, 0) is 55.3 Å². The molecule has 9 heteroatoms. The second kappa shape index (κ2) is 9.02. The van der Waals surface area contributed by atoms with Crippen molar-refractivity contribution in [3.05, 3.63) is 47.5 Å². The van der Waals surface area contributed by atoms with Crippen LogP contribution in [0.1, 0.15) is 12.8 Å². The van der Waals surface area contributed by atoms with Crippen molar-refractivity contribution in [3.8, 4) is 11.5 Å². The monoisotopic (exact) mass is 438 g/mol. The van der Waals surface area contributed by atoms with E-state index in [1.807, 2.05) is 0 Å². The van der Waals surface area contributed by atoms with Gasteiger partial charge in [-0.1, -0.05) is 11.6 Å². The lowest BCUT2D eigenvalue weighted by molar-refractivity contribution is -0.120. The van der Waals surface area contributed by atoms with Gasteiger partial charge < -0.3 is 14.8 Å². The van der Waals surface area contributed by atoms with Crippen LogP contribution >= 0.6 is 11.6 Å². The quantitative estimate of drug-likeness (QED) is 0.747. The zero-order valence-corrected chi connectivity index (χ0v) is 17.8. The standard InChI is InChI=1S/C20H23ClN2O5S/c1-27-16-6-8-17(9-7-16)29(25,26)23-11-3-4-14(13-23)20(24)22-18-12-15(21)5-10-19(18)28-2/h5-10,12,14H,3-4,11,13H2,1-2H3,(H,22,24)/t14-/m1/s1. The number of ether oxygens (including phenoxy) is 2. The smallest absolute Gasteiger partial charge is 0.243 e. The minimum Gasteiger partial charge on any atom is -0.497 e. The molecule has 0 aromatic heterocycles. The van der Waals surface area contributed by atoms with E-state index in [9.17, 15) is 13.2 Å². The number of halogens is 1. The summed E-state index contributed by atoms with van der Waals surface area (Å²) in [5.74, 6) is 0.331. The summed E-state index contributed by atoms with van der Waals surface area (Å²) in [5, 5.41) is 3.28. The summed E-state index contributed by atoms with van der Waals surface area (Å²) in [7, 11) is -0.671. The van der Waals surface area contributed by atoms with Crippen molar-refractivity contribution in [3.63, 3.8) is 0 Å². The number of amides is 1. The molecule has 1 N–H and O–H groups in total. The van der Waals surface area contributed by atoms with E-state index in [1.165, 1.54) is 30.7 Å². The van der Waals surface area contributed by atoms with Crippen molar-refractivity contribution in [2.75, 3.05) is 32.6 Å². The molecule has 0 bridgehead atoms. The first-order valence-corrected chi connectivity index (χ1v) is 11.0. The first-order chi connectivity index (χ1) is 13.8. The highest BCUT2D eigenvalue weighted by Gasteiger charge is 2.33. The molecule has 1 heterocycles. The largest absolute Gasteiger partial charge is 0.497 e. The number of hydrogen-bond acceptors (Lipinski definition) is 5. The zero-order valence-electron chi connectivity index (χ0n) is 16.2. The lowest BCUT2D eigenvalue weighted by Crippen LogP contribution is -2.43. The van der Waals surface area contributed by atoms with Crippen LogP contribution in [0.15, 0.2) is 47.4 Å². The maximum absolute atomic E-state index is 13.0. The first kappa shape index (κ1) is 21.4. The van der Waals surface area contributed by atoms with Crippen LogP contribution in [-0.4, -0.2) is 45.9 Å². The van der Waals surface area contributed by atoms with E-state index in [0.29, 0.717) is 41.6 Å². The summed E-state index contributed by atoms with van der Waals surface area (Å²) >= 11 is 6.01. The van der Waals surface area contributed by atoms with Crippen molar-refractivity contribution >= 4 is 33.2 Å². The summed E-state index contributed by atoms with van der Waals surface area (Å²) < 4.78 is 37.6.